The highest BCUT2D eigenvalue weighted by Gasteiger charge is 2.41. The van der Waals surface area contributed by atoms with Gasteiger partial charge in [-0.15, -0.1) is 6.58 Å². The van der Waals surface area contributed by atoms with Crippen molar-refractivity contribution in [1.82, 2.24) is 0 Å². The molecule has 0 aromatic heterocycles. The van der Waals surface area contributed by atoms with Crippen LogP contribution in [-0.4, -0.2) is 50.5 Å². The van der Waals surface area contributed by atoms with Gasteiger partial charge in [-0.3, -0.25) is 0 Å². The van der Waals surface area contributed by atoms with Crippen LogP contribution in [0.3, 0.4) is 0 Å². The van der Waals surface area contributed by atoms with Gasteiger partial charge in [0.15, 0.2) is 12.6 Å². The third kappa shape index (κ3) is 6.49. The van der Waals surface area contributed by atoms with Gasteiger partial charge < -0.3 is 18.9 Å². The van der Waals surface area contributed by atoms with E-state index in [4.69, 9.17) is 18.9 Å². The minimum absolute atomic E-state index is 0.196. The molecule has 2 rings (SSSR count). The Kier molecular flexibility index (Phi) is 8.50. The van der Waals surface area contributed by atoms with Crippen molar-refractivity contribution in [3.8, 4) is 0 Å². The van der Waals surface area contributed by atoms with Gasteiger partial charge in [0.05, 0.1) is 31.8 Å². The van der Waals surface area contributed by atoms with Crippen LogP contribution in [0.15, 0.2) is 49.6 Å². The molecule has 0 atom stereocenters. The number of rotatable bonds is 8. The second kappa shape index (κ2) is 10.4. The monoisotopic (exact) mass is 356 g/mol. The highest BCUT2D eigenvalue weighted by Crippen LogP contribution is 2.30. The van der Waals surface area contributed by atoms with Crippen molar-refractivity contribution in [2.45, 2.75) is 12.6 Å². The molecule has 2 heterocycles. The fourth-order valence-electron chi connectivity index (χ4n) is 2.10. The van der Waals surface area contributed by atoms with E-state index < -0.39 is 0 Å². The van der Waals surface area contributed by atoms with Crippen LogP contribution in [0.5, 0.6) is 0 Å². The van der Waals surface area contributed by atoms with Crippen LogP contribution in [-0.2, 0) is 18.9 Å². The molecule has 0 aromatic carbocycles. The molecule has 2 aliphatic rings. The van der Waals surface area contributed by atoms with Crippen LogP contribution in [0.1, 0.15) is 0 Å². The number of ether oxygens (including phenoxy) is 4. The Morgan fingerprint density at radius 3 is 2.09 bits per heavy atom. The molecule has 2 aliphatic heterocycles. The van der Waals surface area contributed by atoms with Crippen molar-refractivity contribution in [3.63, 3.8) is 0 Å². The molecule has 0 radical (unpaired) electrons. The molecular weight excluding hydrogens is 332 g/mol. The van der Waals surface area contributed by atoms with E-state index in [1.807, 2.05) is 35.1 Å². The SMILES string of the molecule is C=CCSSC/C=C/C=C/C1OCC2(COC(C=C)OC2)CO1. The summed E-state index contributed by atoms with van der Waals surface area (Å²) in [7, 11) is 3.61. The fourth-order valence-corrected chi connectivity index (χ4v) is 3.68. The molecule has 0 unspecified atom stereocenters. The maximum Gasteiger partial charge on any atom is 0.177 e. The molecule has 0 bridgehead atoms. The van der Waals surface area contributed by atoms with Gasteiger partial charge in [-0.05, 0) is 12.2 Å². The van der Waals surface area contributed by atoms with Gasteiger partial charge in [-0.1, -0.05) is 52.5 Å². The normalized spacial score (nSPS) is 31.8. The first-order chi connectivity index (χ1) is 11.3. The average Bonchev–Trinajstić information content (AvgIpc) is 2.60. The van der Waals surface area contributed by atoms with Gasteiger partial charge in [-0.2, -0.15) is 0 Å². The summed E-state index contributed by atoms with van der Waals surface area (Å²) in [4.78, 5) is 0. The molecule has 0 aromatic rings. The van der Waals surface area contributed by atoms with Crippen LogP contribution >= 0.6 is 21.6 Å². The van der Waals surface area contributed by atoms with Crippen LogP contribution < -0.4 is 0 Å². The summed E-state index contributed by atoms with van der Waals surface area (Å²) >= 11 is 0. The van der Waals surface area contributed by atoms with Crippen LogP contribution in [0.4, 0.5) is 0 Å². The molecule has 0 N–H and O–H groups in total. The van der Waals surface area contributed by atoms with Gasteiger partial charge in [0.2, 0.25) is 0 Å². The second-order valence-electron chi connectivity index (χ2n) is 5.39. The van der Waals surface area contributed by atoms with Gasteiger partial charge in [0.25, 0.3) is 0 Å². The summed E-state index contributed by atoms with van der Waals surface area (Å²) in [5.41, 5.74) is -0.196. The van der Waals surface area contributed by atoms with Crippen LogP contribution in [0.2, 0.25) is 0 Å². The zero-order chi connectivity index (χ0) is 16.4. The summed E-state index contributed by atoms with van der Waals surface area (Å²) in [6.07, 6.45) is 11.0. The van der Waals surface area contributed by atoms with E-state index in [-0.39, 0.29) is 18.0 Å². The Morgan fingerprint density at radius 2 is 1.48 bits per heavy atom. The van der Waals surface area contributed by atoms with E-state index in [1.54, 1.807) is 16.9 Å². The standard InChI is InChI=1S/C17H24O4S2/c1-3-9-22-23-10-7-5-6-8-16-20-13-17(14-21-16)11-18-15(4-2)19-12-17/h3-8,15-16H,1-2,9-14H2/b7-5+,8-6+. The molecular formula is C17H24O4S2. The third-order valence-corrected chi connectivity index (χ3v) is 5.54. The number of allylic oxidation sites excluding steroid dienone is 2. The summed E-state index contributed by atoms with van der Waals surface area (Å²) in [6.45, 7) is 9.64. The van der Waals surface area contributed by atoms with E-state index in [1.165, 1.54) is 0 Å². The summed E-state index contributed by atoms with van der Waals surface area (Å²) in [5, 5.41) is 0. The lowest BCUT2D eigenvalue weighted by Gasteiger charge is -2.42. The zero-order valence-electron chi connectivity index (χ0n) is 13.2. The molecule has 2 saturated heterocycles. The molecule has 4 nitrogen and oxygen atoms in total. The van der Waals surface area contributed by atoms with Gasteiger partial charge in [0.1, 0.15) is 0 Å². The first-order valence-corrected chi connectivity index (χ1v) is 10.0. The number of hydrogen-bond acceptors (Lipinski definition) is 6. The second-order valence-corrected chi connectivity index (χ2v) is 7.94. The maximum absolute atomic E-state index is 5.75. The van der Waals surface area contributed by atoms with Crippen molar-refractivity contribution in [2.24, 2.45) is 5.41 Å². The Labute approximate surface area is 146 Å². The minimum atomic E-state index is -0.314. The van der Waals surface area contributed by atoms with Crippen LogP contribution in [0.25, 0.3) is 0 Å². The Balaban J connectivity index is 1.63. The molecule has 2 fully saturated rings. The molecule has 23 heavy (non-hydrogen) atoms. The molecule has 0 saturated carbocycles. The average molecular weight is 357 g/mol. The van der Waals surface area contributed by atoms with Crippen molar-refractivity contribution < 1.29 is 18.9 Å². The largest absolute Gasteiger partial charge is 0.348 e. The summed E-state index contributed by atoms with van der Waals surface area (Å²) < 4.78 is 22.6. The molecule has 1 spiro atoms. The van der Waals surface area contributed by atoms with E-state index in [0.29, 0.717) is 26.4 Å². The van der Waals surface area contributed by atoms with Crippen molar-refractivity contribution in [1.29, 1.82) is 0 Å². The fraction of sp³-hybridized carbons (Fsp3) is 0.529. The molecule has 0 aliphatic carbocycles. The zero-order valence-corrected chi connectivity index (χ0v) is 14.9. The first-order valence-electron chi connectivity index (χ1n) is 7.56. The Hall–Kier alpha value is -0.500. The van der Waals surface area contributed by atoms with E-state index in [2.05, 4.69) is 19.2 Å². The van der Waals surface area contributed by atoms with Crippen molar-refractivity contribution >= 4 is 21.6 Å². The molecule has 128 valence electrons. The lowest BCUT2D eigenvalue weighted by Crippen LogP contribution is -2.51. The lowest BCUT2D eigenvalue weighted by molar-refractivity contribution is -0.282. The summed E-state index contributed by atoms with van der Waals surface area (Å²) in [6, 6.07) is 0. The van der Waals surface area contributed by atoms with Gasteiger partial charge in [0, 0.05) is 11.5 Å². The highest BCUT2D eigenvalue weighted by atomic mass is 33.1. The topological polar surface area (TPSA) is 36.9 Å². The quantitative estimate of drug-likeness (QED) is 0.286. The van der Waals surface area contributed by atoms with Crippen LogP contribution in [0, 0.1) is 5.41 Å². The highest BCUT2D eigenvalue weighted by molar-refractivity contribution is 8.76. The lowest BCUT2D eigenvalue weighted by atomic mass is 9.91. The summed E-state index contributed by atoms with van der Waals surface area (Å²) in [5.74, 6) is 1.94. The number of hydrogen-bond donors (Lipinski definition) is 0. The molecule has 6 heteroatoms. The predicted molar refractivity (Wildman–Crippen MR) is 97.4 cm³/mol. The Bertz CT molecular complexity index is 418. The van der Waals surface area contributed by atoms with Gasteiger partial charge >= 0.3 is 0 Å². The minimum Gasteiger partial charge on any atom is -0.348 e. The van der Waals surface area contributed by atoms with E-state index in [9.17, 15) is 0 Å². The smallest absolute Gasteiger partial charge is 0.177 e. The molecule has 0 amide bonds. The predicted octanol–water partition coefficient (Wildman–Crippen LogP) is 3.58. The van der Waals surface area contributed by atoms with Gasteiger partial charge in [-0.25, -0.2) is 0 Å². The third-order valence-electron chi connectivity index (χ3n) is 3.36. The van der Waals surface area contributed by atoms with Crippen molar-refractivity contribution in [2.75, 3.05) is 37.9 Å². The van der Waals surface area contributed by atoms with Crippen molar-refractivity contribution in [3.05, 3.63) is 49.6 Å². The first kappa shape index (κ1) is 18.8. The van der Waals surface area contributed by atoms with E-state index >= 15 is 0 Å². The Morgan fingerprint density at radius 1 is 0.870 bits per heavy atom. The van der Waals surface area contributed by atoms with E-state index in [0.717, 1.165) is 11.5 Å². The maximum atomic E-state index is 5.75.